The number of anilines is 1. The van der Waals surface area contributed by atoms with Crippen LogP contribution in [0.2, 0.25) is 0 Å². The Labute approximate surface area is 215 Å². The largest absolute Gasteiger partial charge is 0.497 e. The average molecular weight is 503 g/mol. The van der Waals surface area contributed by atoms with Gasteiger partial charge in [-0.25, -0.2) is 0 Å². The molecule has 5 rings (SSSR count). The third kappa shape index (κ3) is 4.97. The van der Waals surface area contributed by atoms with Crippen LogP contribution in [0.4, 0.5) is 5.69 Å². The Balaban J connectivity index is 1.47. The third-order valence-corrected chi connectivity index (χ3v) is 7.17. The Morgan fingerprint density at radius 3 is 2.43 bits per heavy atom. The predicted molar refractivity (Wildman–Crippen MR) is 138 cm³/mol. The van der Waals surface area contributed by atoms with E-state index in [-0.39, 0.29) is 25.2 Å². The second-order valence-electron chi connectivity index (χ2n) is 9.60. The maximum Gasteiger partial charge on any atom is 0.309 e. The number of aliphatic carboxylic acids is 1. The number of hydrogen-bond acceptors (Lipinski definition) is 6. The zero-order valence-electron chi connectivity index (χ0n) is 21.1. The van der Waals surface area contributed by atoms with Crippen LogP contribution in [0.15, 0.2) is 60.7 Å². The zero-order chi connectivity index (χ0) is 26.1. The molecule has 2 aliphatic rings. The number of ether oxygens (including phenoxy) is 3. The predicted octanol–water partition coefficient (Wildman–Crippen LogP) is 4.52. The molecule has 0 spiro atoms. The molecular weight excluding hydrogens is 472 g/mol. The molecule has 3 aromatic rings. The van der Waals surface area contributed by atoms with Gasteiger partial charge >= 0.3 is 5.97 Å². The summed E-state index contributed by atoms with van der Waals surface area (Å²) in [4.78, 5) is 27.9. The normalized spacial score (nSPS) is 20.6. The topological polar surface area (TPSA) is 97.3 Å². The lowest BCUT2D eigenvalue weighted by Crippen LogP contribution is -2.35. The van der Waals surface area contributed by atoms with Gasteiger partial charge in [0, 0.05) is 24.2 Å². The summed E-state index contributed by atoms with van der Waals surface area (Å²) >= 11 is 0. The molecule has 1 saturated heterocycles. The number of likely N-dealkylation sites (tertiary alicyclic amines) is 1. The molecule has 1 fully saturated rings. The van der Waals surface area contributed by atoms with Crippen LogP contribution in [0.25, 0.3) is 0 Å². The zero-order valence-corrected chi connectivity index (χ0v) is 21.1. The van der Waals surface area contributed by atoms with Gasteiger partial charge in [0.1, 0.15) is 5.75 Å². The quantitative estimate of drug-likeness (QED) is 0.490. The fourth-order valence-electron chi connectivity index (χ4n) is 5.40. The van der Waals surface area contributed by atoms with Gasteiger partial charge in [-0.05, 0) is 60.9 Å². The molecule has 0 aromatic heterocycles. The van der Waals surface area contributed by atoms with Crippen LogP contribution in [0.3, 0.4) is 0 Å². The summed E-state index contributed by atoms with van der Waals surface area (Å²) in [5.41, 5.74) is 4.50. The van der Waals surface area contributed by atoms with Crippen LogP contribution in [-0.4, -0.2) is 48.9 Å². The molecule has 0 unspecified atom stereocenters. The Kier molecular flexibility index (Phi) is 6.76. The van der Waals surface area contributed by atoms with Crippen LogP contribution in [-0.2, 0) is 9.59 Å². The van der Waals surface area contributed by atoms with Crippen molar-refractivity contribution in [3.05, 3.63) is 82.9 Å². The van der Waals surface area contributed by atoms with Crippen molar-refractivity contribution in [3.63, 3.8) is 0 Å². The van der Waals surface area contributed by atoms with Gasteiger partial charge in [0.2, 0.25) is 12.7 Å². The fourth-order valence-corrected chi connectivity index (χ4v) is 5.40. The lowest BCUT2D eigenvalue weighted by molar-refractivity contribution is -0.143. The molecule has 2 aliphatic heterocycles. The molecule has 0 aliphatic carbocycles. The van der Waals surface area contributed by atoms with Gasteiger partial charge in [0.15, 0.2) is 11.5 Å². The number of methoxy groups -OCH3 is 1. The number of benzene rings is 3. The average Bonchev–Trinajstić information content (AvgIpc) is 3.50. The Morgan fingerprint density at radius 2 is 1.73 bits per heavy atom. The van der Waals surface area contributed by atoms with Gasteiger partial charge in [-0.1, -0.05) is 35.9 Å². The first-order valence-corrected chi connectivity index (χ1v) is 12.2. The molecular formula is C29H30N2O6. The number of fused-ring (bicyclic) bond motifs is 1. The summed E-state index contributed by atoms with van der Waals surface area (Å²) < 4.78 is 16.3. The minimum Gasteiger partial charge on any atom is -0.497 e. The van der Waals surface area contributed by atoms with E-state index >= 15 is 0 Å². The van der Waals surface area contributed by atoms with E-state index in [2.05, 4.69) is 5.32 Å². The molecule has 3 atom stereocenters. The van der Waals surface area contributed by atoms with Crippen molar-refractivity contribution in [2.24, 2.45) is 5.92 Å². The summed E-state index contributed by atoms with van der Waals surface area (Å²) in [5, 5.41) is 13.4. The smallest absolute Gasteiger partial charge is 0.309 e. The van der Waals surface area contributed by atoms with E-state index in [9.17, 15) is 14.7 Å². The molecule has 0 radical (unpaired) electrons. The van der Waals surface area contributed by atoms with E-state index in [0.29, 0.717) is 23.8 Å². The minimum absolute atomic E-state index is 0.0504. The highest BCUT2D eigenvalue weighted by atomic mass is 16.7. The number of rotatable bonds is 7. The summed E-state index contributed by atoms with van der Waals surface area (Å²) in [7, 11) is 1.59. The van der Waals surface area contributed by atoms with Crippen molar-refractivity contribution in [3.8, 4) is 17.2 Å². The minimum atomic E-state index is -0.916. The fraction of sp³-hybridized carbons (Fsp3) is 0.310. The maximum absolute atomic E-state index is 13.2. The van der Waals surface area contributed by atoms with E-state index in [0.717, 1.165) is 27.9 Å². The number of nitrogens with zero attached hydrogens (tertiary/aromatic N) is 1. The van der Waals surface area contributed by atoms with Crippen molar-refractivity contribution in [2.45, 2.75) is 25.8 Å². The lowest BCUT2D eigenvalue weighted by atomic mass is 9.82. The van der Waals surface area contributed by atoms with E-state index < -0.39 is 17.9 Å². The highest BCUT2D eigenvalue weighted by Gasteiger charge is 2.48. The van der Waals surface area contributed by atoms with Gasteiger partial charge in [0.25, 0.3) is 0 Å². The summed E-state index contributed by atoms with van der Waals surface area (Å²) in [6.45, 7) is 4.55. The van der Waals surface area contributed by atoms with Gasteiger partial charge < -0.3 is 24.6 Å². The molecule has 37 heavy (non-hydrogen) atoms. The summed E-state index contributed by atoms with van der Waals surface area (Å²) in [6, 6.07) is 18.3. The number of carboxylic acids is 1. The van der Waals surface area contributed by atoms with E-state index in [1.807, 2.05) is 79.4 Å². The maximum atomic E-state index is 13.2. The SMILES string of the molecule is COc1ccc([C@@H]2[C@@H](C(=O)O)[C@H](c3ccc4c(c3)OCO4)CN2CC(=O)Nc2ccc(C)cc2C)cc1. The Morgan fingerprint density at radius 1 is 1.00 bits per heavy atom. The first kappa shape index (κ1) is 24.6. The molecule has 0 saturated carbocycles. The van der Waals surface area contributed by atoms with Crippen molar-refractivity contribution in [2.75, 3.05) is 32.3 Å². The molecule has 0 bridgehead atoms. The van der Waals surface area contributed by atoms with Crippen LogP contribution >= 0.6 is 0 Å². The number of nitrogens with one attached hydrogen (secondary N) is 1. The van der Waals surface area contributed by atoms with Gasteiger partial charge in [-0.15, -0.1) is 0 Å². The Bertz CT molecular complexity index is 1320. The molecule has 8 nitrogen and oxygen atoms in total. The highest BCUT2D eigenvalue weighted by Crippen LogP contribution is 2.47. The monoisotopic (exact) mass is 502 g/mol. The van der Waals surface area contributed by atoms with Crippen molar-refractivity contribution in [1.29, 1.82) is 0 Å². The first-order chi connectivity index (χ1) is 17.8. The van der Waals surface area contributed by atoms with Crippen molar-refractivity contribution in [1.82, 2.24) is 4.90 Å². The molecule has 1 amide bonds. The van der Waals surface area contributed by atoms with Gasteiger partial charge in [0.05, 0.1) is 19.6 Å². The number of hydrogen-bond donors (Lipinski definition) is 2. The molecule has 3 aromatic carbocycles. The van der Waals surface area contributed by atoms with E-state index in [1.54, 1.807) is 7.11 Å². The standard InChI is InChI=1S/C29H30N2O6/c1-17-4-10-23(18(2)12-17)30-26(32)15-31-14-22(20-7-11-24-25(13-20)37-16-36-24)27(29(33)34)28(31)19-5-8-21(35-3)9-6-19/h4-13,22,27-28H,14-16H2,1-3H3,(H,30,32)(H,33,34)/t22-,27-,28+/m0/s1. The number of aryl methyl sites for hydroxylation is 2. The number of carboxylic acid groups (broad SMARTS) is 1. The van der Waals surface area contributed by atoms with E-state index in [4.69, 9.17) is 14.2 Å². The van der Waals surface area contributed by atoms with Crippen LogP contribution < -0.4 is 19.5 Å². The van der Waals surface area contributed by atoms with Crippen molar-refractivity contribution >= 4 is 17.6 Å². The number of carbonyl (C=O) groups excluding carboxylic acids is 1. The molecule has 192 valence electrons. The second-order valence-corrected chi connectivity index (χ2v) is 9.60. The number of carbonyl (C=O) groups is 2. The Hall–Kier alpha value is -4.04. The lowest BCUT2D eigenvalue weighted by Gasteiger charge is -2.27. The second kappa shape index (κ2) is 10.1. The van der Waals surface area contributed by atoms with E-state index in [1.165, 1.54) is 0 Å². The third-order valence-electron chi connectivity index (χ3n) is 7.17. The van der Waals surface area contributed by atoms with Gasteiger partial charge in [-0.3, -0.25) is 14.5 Å². The van der Waals surface area contributed by atoms with Crippen LogP contribution in [0, 0.1) is 19.8 Å². The highest BCUT2D eigenvalue weighted by molar-refractivity contribution is 5.93. The van der Waals surface area contributed by atoms with Gasteiger partial charge in [-0.2, -0.15) is 0 Å². The van der Waals surface area contributed by atoms with Crippen LogP contribution in [0.5, 0.6) is 17.2 Å². The molecule has 8 heteroatoms. The molecule has 2 heterocycles. The van der Waals surface area contributed by atoms with Crippen LogP contribution in [0.1, 0.15) is 34.2 Å². The molecule has 2 N–H and O–H groups in total. The summed E-state index contributed by atoms with van der Waals surface area (Å²) in [6.07, 6.45) is 0. The first-order valence-electron chi connectivity index (χ1n) is 12.2. The summed E-state index contributed by atoms with van der Waals surface area (Å²) in [5.74, 6) is -0.309. The van der Waals surface area contributed by atoms with Crippen molar-refractivity contribution < 1.29 is 28.9 Å². The number of amides is 1.